The Bertz CT molecular complexity index is 761. The Morgan fingerprint density at radius 2 is 2.05 bits per heavy atom. The largest absolute Gasteiger partial charge is 0.477 e. The average molecular weight is 417 g/mol. The van der Waals surface area contributed by atoms with Gasteiger partial charge in [-0.3, -0.25) is 4.72 Å². The van der Waals surface area contributed by atoms with Gasteiger partial charge in [0, 0.05) is 0 Å². The van der Waals surface area contributed by atoms with Crippen LogP contribution in [-0.2, 0) is 10.0 Å². The second-order valence-corrected chi connectivity index (χ2v) is 9.46. The molecule has 2 N–H and O–H groups in total. The van der Waals surface area contributed by atoms with Crippen molar-refractivity contribution in [2.45, 2.75) is 11.1 Å². The number of aromatic carboxylic acids is 1. The van der Waals surface area contributed by atoms with E-state index in [-0.39, 0.29) is 14.1 Å². The molecule has 0 radical (unpaired) electrons. The molecule has 0 aromatic carbocycles. The van der Waals surface area contributed by atoms with E-state index in [4.69, 9.17) is 16.7 Å². The van der Waals surface area contributed by atoms with Crippen LogP contribution in [0.4, 0.5) is 5.00 Å². The SMILES string of the molecule is Cc1cc(NS(=O)(=O)c2cc(Cl)c(Br)s2)sc1C(=O)O. The fourth-order valence-electron chi connectivity index (χ4n) is 1.39. The van der Waals surface area contributed by atoms with E-state index >= 15 is 0 Å². The molecule has 108 valence electrons. The molecular formula is C10H7BrClNO4S3. The van der Waals surface area contributed by atoms with Gasteiger partial charge < -0.3 is 5.11 Å². The lowest BCUT2D eigenvalue weighted by Crippen LogP contribution is -2.10. The molecule has 0 fully saturated rings. The highest BCUT2D eigenvalue weighted by atomic mass is 79.9. The van der Waals surface area contributed by atoms with Crippen molar-refractivity contribution in [2.75, 3.05) is 4.72 Å². The summed E-state index contributed by atoms with van der Waals surface area (Å²) in [5, 5.41) is 9.51. The lowest BCUT2D eigenvalue weighted by Gasteiger charge is -2.02. The first-order chi connectivity index (χ1) is 9.20. The number of hydrogen-bond donors (Lipinski definition) is 2. The van der Waals surface area contributed by atoms with Crippen LogP contribution in [0.5, 0.6) is 0 Å². The minimum Gasteiger partial charge on any atom is -0.477 e. The summed E-state index contributed by atoms with van der Waals surface area (Å²) < 4.78 is 27.2. The van der Waals surface area contributed by atoms with E-state index in [0.717, 1.165) is 22.7 Å². The fourth-order valence-corrected chi connectivity index (χ4v) is 5.98. The van der Waals surface area contributed by atoms with Gasteiger partial charge in [-0.2, -0.15) is 0 Å². The first-order valence-corrected chi connectivity index (χ1v) is 9.31. The molecule has 0 bridgehead atoms. The zero-order valence-corrected chi connectivity index (χ0v) is 14.6. The third kappa shape index (κ3) is 3.17. The van der Waals surface area contributed by atoms with Crippen LogP contribution in [0.15, 0.2) is 20.1 Å². The highest BCUT2D eigenvalue weighted by molar-refractivity contribution is 9.11. The van der Waals surface area contributed by atoms with Gasteiger partial charge in [-0.05, 0) is 40.5 Å². The Balaban J connectivity index is 2.33. The molecule has 2 heterocycles. The molecule has 2 rings (SSSR count). The van der Waals surface area contributed by atoms with Crippen molar-refractivity contribution in [1.82, 2.24) is 0 Å². The van der Waals surface area contributed by atoms with Crippen molar-refractivity contribution in [1.29, 1.82) is 0 Å². The maximum atomic E-state index is 12.1. The van der Waals surface area contributed by atoms with Crippen molar-refractivity contribution in [3.63, 3.8) is 0 Å². The maximum Gasteiger partial charge on any atom is 0.346 e. The van der Waals surface area contributed by atoms with Crippen LogP contribution < -0.4 is 4.72 Å². The second kappa shape index (κ2) is 5.64. The van der Waals surface area contributed by atoms with Crippen molar-refractivity contribution in [3.05, 3.63) is 31.4 Å². The van der Waals surface area contributed by atoms with Gasteiger partial charge in [0.05, 0.1) is 8.81 Å². The number of sulfonamides is 1. The van der Waals surface area contributed by atoms with Crippen LogP contribution in [0.3, 0.4) is 0 Å². The van der Waals surface area contributed by atoms with Crippen LogP contribution in [-0.4, -0.2) is 19.5 Å². The summed E-state index contributed by atoms with van der Waals surface area (Å²) in [6, 6.07) is 2.81. The average Bonchev–Trinajstić information content (AvgIpc) is 2.83. The minimum atomic E-state index is -3.77. The van der Waals surface area contributed by atoms with Crippen molar-refractivity contribution in [2.24, 2.45) is 0 Å². The molecule has 20 heavy (non-hydrogen) atoms. The molecule has 10 heteroatoms. The van der Waals surface area contributed by atoms with Gasteiger partial charge in [-0.1, -0.05) is 11.6 Å². The first kappa shape index (κ1) is 15.8. The van der Waals surface area contributed by atoms with Gasteiger partial charge in [0.2, 0.25) is 0 Å². The van der Waals surface area contributed by atoms with E-state index in [0.29, 0.717) is 14.4 Å². The van der Waals surface area contributed by atoms with Crippen LogP contribution in [0, 0.1) is 6.92 Å². The van der Waals surface area contributed by atoms with E-state index < -0.39 is 16.0 Å². The number of carbonyl (C=O) groups is 1. The van der Waals surface area contributed by atoms with Crippen LogP contribution in [0.1, 0.15) is 15.2 Å². The Kier molecular flexibility index (Phi) is 4.45. The second-order valence-electron chi connectivity index (χ2n) is 3.72. The first-order valence-electron chi connectivity index (χ1n) is 5.02. The van der Waals surface area contributed by atoms with Gasteiger partial charge in [0.15, 0.2) is 0 Å². The van der Waals surface area contributed by atoms with E-state index in [1.165, 1.54) is 12.1 Å². The number of carboxylic acids is 1. The lowest BCUT2D eigenvalue weighted by atomic mass is 10.3. The molecule has 0 unspecified atom stereocenters. The van der Waals surface area contributed by atoms with Crippen LogP contribution >= 0.6 is 50.2 Å². The molecule has 0 aliphatic carbocycles. The summed E-state index contributed by atoms with van der Waals surface area (Å²) in [4.78, 5) is 11.0. The van der Waals surface area contributed by atoms with Crippen LogP contribution in [0.2, 0.25) is 5.02 Å². The van der Waals surface area contributed by atoms with Gasteiger partial charge in [0.25, 0.3) is 10.0 Å². The third-order valence-electron chi connectivity index (χ3n) is 2.23. The van der Waals surface area contributed by atoms with Crippen molar-refractivity contribution >= 4 is 71.2 Å². The minimum absolute atomic E-state index is 0.0531. The molecular weight excluding hydrogens is 410 g/mol. The highest BCUT2D eigenvalue weighted by Crippen LogP contribution is 2.36. The highest BCUT2D eigenvalue weighted by Gasteiger charge is 2.21. The van der Waals surface area contributed by atoms with Crippen molar-refractivity contribution in [3.8, 4) is 0 Å². The Morgan fingerprint density at radius 1 is 1.40 bits per heavy atom. The Labute approximate surface area is 136 Å². The predicted octanol–water partition coefficient (Wildman–Crippen LogP) is 4.03. The predicted molar refractivity (Wildman–Crippen MR) is 83.9 cm³/mol. The number of anilines is 1. The number of halogens is 2. The van der Waals surface area contributed by atoms with E-state index in [1.807, 2.05) is 0 Å². The van der Waals surface area contributed by atoms with Crippen LogP contribution in [0.25, 0.3) is 0 Å². The van der Waals surface area contributed by atoms with Gasteiger partial charge in [-0.15, -0.1) is 22.7 Å². The molecule has 0 aliphatic rings. The van der Waals surface area contributed by atoms with Crippen molar-refractivity contribution < 1.29 is 18.3 Å². The topological polar surface area (TPSA) is 83.5 Å². The molecule has 0 aliphatic heterocycles. The molecule has 0 atom stereocenters. The number of nitrogens with one attached hydrogen (secondary N) is 1. The molecule has 0 spiro atoms. The maximum absolute atomic E-state index is 12.1. The molecule has 2 aromatic rings. The van der Waals surface area contributed by atoms with E-state index in [1.54, 1.807) is 6.92 Å². The van der Waals surface area contributed by atoms with Gasteiger partial charge in [0.1, 0.15) is 14.1 Å². The molecule has 0 saturated heterocycles. The number of hydrogen-bond acceptors (Lipinski definition) is 5. The Hall–Kier alpha value is -0.610. The number of aryl methyl sites for hydroxylation is 1. The summed E-state index contributed by atoms with van der Waals surface area (Å²) in [6.07, 6.45) is 0. The van der Waals surface area contributed by atoms with E-state index in [2.05, 4.69) is 20.7 Å². The van der Waals surface area contributed by atoms with Gasteiger partial charge >= 0.3 is 5.97 Å². The number of rotatable bonds is 4. The summed E-state index contributed by atoms with van der Waals surface area (Å²) in [6.45, 7) is 1.61. The third-order valence-corrected chi connectivity index (χ3v) is 7.82. The zero-order valence-electron chi connectivity index (χ0n) is 9.81. The fraction of sp³-hybridized carbons (Fsp3) is 0.100. The molecule has 0 saturated carbocycles. The smallest absolute Gasteiger partial charge is 0.346 e. The summed E-state index contributed by atoms with van der Waals surface area (Å²) in [7, 11) is -3.77. The summed E-state index contributed by atoms with van der Waals surface area (Å²) in [5.74, 6) is -1.08. The normalized spacial score (nSPS) is 11.6. The molecule has 2 aromatic heterocycles. The summed E-state index contributed by atoms with van der Waals surface area (Å²) >= 11 is 10.8. The van der Waals surface area contributed by atoms with E-state index in [9.17, 15) is 13.2 Å². The standard InChI is InChI=1S/C10H7BrClNO4S3/c1-4-2-6(18-8(4)10(14)15)13-20(16,17)7-3-5(12)9(11)19-7/h2-3,13H,1H3,(H,14,15). The number of thiophene rings is 2. The quantitative estimate of drug-likeness (QED) is 0.788. The molecule has 5 nitrogen and oxygen atoms in total. The Morgan fingerprint density at radius 3 is 2.50 bits per heavy atom. The summed E-state index contributed by atoms with van der Waals surface area (Å²) in [5.41, 5.74) is 0.505. The lowest BCUT2D eigenvalue weighted by molar-refractivity contribution is 0.0701. The monoisotopic (exact) mass is 415 g/mol. The number of carboxylic acid groups (broad SMARTS) is 1. The zero-order chi connectivity index (χ0) is 15.1. The van der Waals surface area contributed by atoms with Gasteiger partial charge in [-0.25, -0.2) is 13.2 Å². The molecule has 0 amide bonds.